The van der Waals surface area contributed by atoms with Crippen molar-refractivity contribution >= 4 is 34.7 Å². The molecule has 0 saturated carbocycles. The second-order valence-electron chi connectivity index (χ2n) is 5.17. The molecule has 7 nitrogen and oxygen atoms in total. The van der Waals surface area contributed by atoms with E-state index in [2.05, 4.69) is 15.5 Å². The normalized spacial score (nSPS) is 13.6. The third-order valence-electron chi connectivity index (χ3n) is 3.43. The minimum absolute atomic E-state index is 0.167. The van der Waals surface area contributed by atoms with Crippen molar-refractivity contribution in [2.45, 2.75) is 17.4 Å². The number of carbonyl (C=O) groups is 1. The number of carbonyl (C=O) groups excluding carboxylic acids is 1. The fourth-order valence-electron chi connectivity index (χ4n) is 2.18. The fraction of sp³-hybridized carbons (Fsp3) is 0.188. The smallest absolute Gasteiger partial charge is 0.277 e. The van der Waals surface area contributed by atoms with Gasteiger partial charge in [0.2, 0.25) is 12.7 Å². The van der Waals surface area contributed by atoms with Crippen molar-refractivity contribution in [3.8, 4) is 22.3 Å². The van der Waals surface area contributed by atoms with Gasteiger partial charge in [-0.25, -0.2) is 0 Å². The first-order valence-corrected chi connectivity index (χ1v) is 9.19. The lowest BCUT2D eigenvalue weighted by molar-refractivity contribution is -0.115. The van der Waals surface area contributed by atoms with Crippen molar-refractivity contribution < 1.29 is 18.7 Å². The molecule has 4 rings (SSSR count). The number of ether oxygens (including phenoxy) is 2. The van der Waals surface area contributed by atoms with E-state index in [1.54, 1.807) is 25.1 Å². The molecule has 0 bridgehead atoms. The molecule has 1 aliphatic heterocycles. The van der Waals surface area contributed by atoms with E-state index in [0.717, 1.165) is 4.88 Å². The summed E-state index contributed by atoms with van der Waals surface area (Å²) in [7, 11) is 0. The molecule has 0 fully saturated rings. The van der Waals surface area contributed by atoms with Crippen molar-refractivity contribution in [1.82, 2.24) is 10.2 Å². The summed E-state index contributed by atoms with van der Waals surface area (Å²) in [6.07, 6.45) is 0. The van der Waals surface area contributed by atoms with Crippen LogP contribution >= 0.6 is 23.1 Å². The first kappa shape index (κ1) is 16.0. The molecule has 1 unspecified atom stereocenters. The number of benzene rings is 1. The molecule has 1 amide bonds. The van der Waals surface area contributed by atoms with Gasteiger partial charge in [-0.05, 0) is 30.5 Å². The van der Waals surface area contributed by atoms with Crippen LogP contribution in [0.15, 0.2) is 45.4 Å². The second-order valence-corrected chi connectivity index (χ2v) is 7.41. The maximum atomic E-state index is 12.4. The zero-order valence-corrected chi connectivity index (χ0v) is 14.7. The van der Waals surface area contributed by atoms with Gasteiger partial charge in [-0.3, -0.25) is 4.79 Å². The van der Waals surface area contributed by atoms with Crippen LogP contribution in [0.25, 0.3) is 10.8 Å². The van der Waals surface area contributed by atoms with Crippen molar-refractivity contribution in [1.29, 1.82) is 0 Å². The molecule has 2 aromatic heterocycles. The molecule has 1 atom stereocenters. The second kappa shape index (κ2) is 6.77. The maximum absolute atomic E-state index is 12.4. The molecule has 0 spiro atoms. The van der Waals surface area contributed by atoms with E-state index < -0.39 is 5.25 Å². The van der Waals surface area contributed by atoms with Crippen LogP contribution in [0.5, 0.6) is 11.5 Å². The van der Waals surface area contributed by atoms with E-state index in [-0.39, 0.29) is 12.7 Å². The number of nitrogens with zero attached hydrogens (tertiary/aromatic N) is 2. The van der Waals surface area contributed by atoms with E-state index in [1.165, 1.54) is 23.1 Å². The standard InChI is InChI=1S/C16H13N3O4S2/c1-9(25-16-19-18-15(23-16)13-3-2-6-24-13)14(20)17-10-4-5-11-12(7-10)22-8-21-11/h2-7,9H,8H2,1H3,(H,17,20). The highest BCUT2D eigenvalue weighted by Crippen LogP contribution is 2.34. The minimum atomic E-state index is -0.401. The van der Waals surface area contributed by atoms with Crippen LogP contribution in [0.3, 0.4) is 0 Å². The first-order valence-electron chi connectivity index (χ1n) is 7.43. The molecule has 0 aliphatic carbocycles. The third kappa shape index (κ3) is 3.47. The first-order chi connectivity index (χ1) is 12.2. The summed E-state index contributed by atoms with van der Waals surface area (Å²) in [6.45, 7) is 1.98. The summed E-state index contributed by atoms with van der Waals surface area (Å²) in [6, 6.07) is 9.09. The zero-order valence-electron chi connectivity index (χ0n) is 13.1. The van der Waals surface area contributed by atoms with Crippen molar-refractivity contribution in [3.05, 3.63) is 35.7 Å². The van der Waals surface area contributed by atoms with Gasteiger partial charge in [0.25, 0.3) is 11.1 Å². The molecule has 1 aromatic carbocycles. The number of nitrogens with one attached hydrogen (secondary N) is 1. The summed E-state index contributed by atoms with van der Waals surface area (Å²) >= 11 is 2.73. The van der Waals surface area contributed by atoms with Crippen LogP contribution in [0.2, 0.25) is 0 Å². The fourth-order valence-corrected chi connectivity index (χ4v) is 3.51. The van der Waals surface area contributed by atoms with Crippen LogP contribution in [0.1, 0.15) is 6.92 Å². The average molecular weight is 375 g/mol. The molecule has 3 aromatic rings. The molecule has 0 radical (unpaired) electrons. The summed E-state index contributed by atoms with van der Waals surface area (Å²) < 4.78 is 16.2. The lowest BCUT2D eigenvalue weighted by Gasteiger charge is -2.10. The Labute approximate surface area is 151 Å². The van der Waals surface area contributed by atoms with Crippen LogP contribution in [0.4, 0.5) is 5.69 Å². The monoisotopic (exact) mass is 375 g/mol. The number of anilines is 1. The predicted molar refractivity (Wildman–Crippen MR) is 94.1 cm³/mol. The highest BCUT2D eigenvalue weighted by atomic mass is 32.2. The van der Waals surface area contributed by atoms with Gasteiger partial charge in [-0.1, -0.05) is 17.8 Å². The molecule has 25 heavy (non-hydrogen) atoms. The van der Waals surface area contributed by atoms with Crippen LogP contribution in [0, 0.1) is 0 Å². The molecule has 0 saturated heterocycles. The van der Waals surface area contributed by atoms with E-state index in [9.17, 15) is 4.79 Å². The van der Waals surface area contributed by atoms with Gasteiger partial charge in [-0.15, -0.1) is 21.5 Å². The van der Waals surface area contributed by atoms with Gasteiger partial charge in [0.1, 0.15) is 0 Å². The summed E-state index contributed by atoms with van der Waals surface area (Å²) in [5.41, 5.74) is 0.645. The highest BCUT2D eigenvalue weighted by molar-refractivity contribution is 8.00. The Morgan fingerprint density at radius 1 is 1.28 bits per heavy atom. The summed E-state index contributed by atoms with van der Waals surface area (Å²) in [5, 5.41) is 12.7. The average Bonchev–Trinajstić information content (AvgIpc) is 3.35. The SMILES string of the molecule is CC(Sc1nnc(-c2cccs2)o1)C(=O)Nc1ccc2c(c1)OCO2. The Morgan fingerprint density at radius 2 is 2.16 bits per heavy atom. The number of fused-ring (bicyclic) bond motifs is 1. The largest absolute Gasteiger partial charge is 0.454 e. The summed E-state index contributed by atoms with van der Waals surface area (Å²) in [5.74, 6) is 1.59. The van der Waals surface area contributed by atoms with E-state index >= 15 is 0 Å². The van der Waals surface area contributed by atoms with Gasteiger partial charge in [0.05, 0.1) is 10.1 Å². The lowest BCUT2D eigenvalue weighted by atomic mass is 10.2. The third-order valence-corrected chi connectivity index (χ3v) is 5.22. The number of thiophene rings is 1. The Hall–Kier alpha value is -2.52. The number of aromatic nitrogens is 2. The molecular weight excluding hydrogens is 362 g/mol. The number of rotatable bonds is 5. The molecule has 128 valence electrons. The number of hydrogen-bond acceptors (Lipinski definition) is 8. The summed E-state index contributed by atoms with van der Waals surface area (Å²) in [4.78, 5) is 13.3. The topological polar surface area (TPSA) is 86.5 Å². The molecule has 3 heterocycles. The number of amides is 1. The van der Waals surface area contributed by atoms with Crippen molar-refractivity contribution in [3.63, 3.8) is 0 Å². The highest BCUT2D eigenvalue weighted by Gasteiger charge is 2.20. The van der Waals surface area contributed by atoms with Crippen LogP contribution in [-0.4, -0.2) is 28.1 Å². The Kier molecular flexibility index (Phi) is 4.33. The molecule has 9 heteroatoms. The Balaban J connectivity index is 1.39. The minimum Gasteiger partial charge on any atom is -0.454 e. The van der Waals surface area contributed by atoms with Crippen molar-refractivity contribution in [2.24, 2.45) is 0 Å². The quantitative estimate of drug-likeness (QED) is 0.681. The van der Waals surface area contributed by atoms with E-state index in [4.69, 9.17) is 13.9 Å². The Bertz CT molecular complexity index is 895. The molecule has 1 aliphatic rings. The Morgan fingerprint density at radius 3 is 3.00 bits per heavy atom. The van der Waals surface area contributed by atoms with Gasteiger partial charge >= 0.3 is 0 Å². The van der Waals surface area contributed by atoms with Gasteiger partial charge in [-0.2, -0.15) is 0 Å². The lowest BCUT2D eigenvalue weighted by Crippen LogP contribution is -2.22. The van der Waals surface area contributed by atoms with Crippen LogP contribution in [-0.2, 0) is 4.79 Å². The van der Waals surface area contributed by atoms with Gasteiger partial charge < -0.3 is 19.2 Å². The predicted octanol–water partition coefficient (Wildman–Crippen LogP) is 3.65. The van der Waals surface area contributed by atoms with E-state index in [1.807, 2.05) is 17.5 Å². The van der Waals surface area contributed by atoms with Gasteiger partial charge in [0.15, 0.2) is 11.5 Å². The molecular formula is C16H13N3O4S2. The van der Waals surface area contributed by atoms with Crippen molar-refractivity contribution in [2.75, 3.05) is 12.1 Å². The number of hydrogen-bond donors (Lipinski definition) is 1. The maximum Gasteiger partial charge on any atom is 0.277 e. The van der Waals surface area contributed by atoms with Crippen LogP contribution < -0.4 is 14.8 Å². The van der Waals surface area contributed by atoms with Gasteiger partial charge in [0, 0.05) is 11.8 Å². The van der Waals surface area contributed by atoms with E-state index in [0.29, 0.717) is 28.3 Å². The molecule has 1 N–H and O–H groups in total. The zero-order chi connectivity index (χ0) is 17.2. The number of thioether (sulfide) groups is 1.